The summed E-state index contributed by atoms with van der Waals surface area (Å²) in [6, 6.07) is 16.5. The van der Waals surface area contributed by atoms with Crippen molar-refractivity contribution in [2.45, 2.75) is 17.7 Å². The van der Waals surface area contributed by atoms with Gasteiger partial charge in [-0.05, 0) is 47.4 Å². The number of amides is 1. The quantitative estimate of drug-likeness (QED) is 0.848. The summed E-state index contributed by atoms with van der Waals surface area (Å²) in [4.78, 5) is 12.6. The molecule has 0 unspecified atom stereocenters. The van der Waals surface area contributed by atoms with Crippen molar-refractivity contribution in [2.24, 2.45) is 0 Å². The van der Waals surface area contributed by atoms with Gasteiger partial charge in [0.05, 0.1) is 0 Å². The Balaban J connectivity index is 1.69. The van der Waals surface area contributed by atoms with E-state index in [0.29, 0.717) is 6.42 Å². The number of hydrogen-bond donors (Lipinski definition) is 1. The predicted molar refractivity (Wildman–Crippen MR) is 89.6 cm³/mol. The number of fused-ring (bicyclic) bond motifs is 1. The van der Waals surface area contributed by atoms with Crippen molar-refractivity contribution < 1.29 is 4.79 Å². The normalized spacial score (nSPS) is 13.4. The van der Waals surface area contributed by atoms with Crippen LogP contribution in [-0.2, 0) is 11.2 Å². The lowest BCUT2D eigenvalue weighted by Gasteiger charge is -2.18. The molecule has 1 N–H and O–H groups in total. The van der Waals surface area contributed by atoms with Gasteiger partial charge in [-0.1, -0.05) is 30.8 Å². The number of carbonyl (C=O) groups excluding carboxylic acids is 1. The molecular weight excluding hydrogens is 278 g/mol. The minimum Gasteiger partial charge on any atom is -0.326 e. The van der Waals surface area contributed by atoms with Crippen molar-refractivity contribution in [3.8, 4) is 0 Å². The van der Waals surface area contributed by atoms with Crippen LogP contribution < -0.4 is 5.32 Å². The maximum atomic E-state index is 11.4. The highest BCUT2D eigenvalue weighted by atomic mass is 32.2. The topological polar surface area (TPSA) is 29.1 Å². The van der Waals surface area contributed by atoms with Gasteiger partial charge in [-0.25, -0.2) is 0 Å². The van der Waals surface area contributed by atoms with Gasteiger partial charge >= 0.3 is 0 Å². The number of anilines is 1. The Morgan fingerprint density at radius 2 is 1.95 bits per heavy atom. The Kier molecular flexibility index (Phi) is 4.11. The summed E-state index contributed by atoms with van der Waals surface area (Å²) in [5.41, 5.74) is 4.42. The molecule has 1 aliphatic rings. The molecule has 1 aliphatic heterocycles. The van der Waals surface area contributed by atoms with Crippen molar-refractivity contribution in [3.63, 3.8) is 0 Å². The molecule has 0 aliphatic carbocycles. The molecule has 3 rings (SSSR count). The maximum Gasteiger partial charge on any atom is 0.224 e. The van der Waals surface area contributed by atoms with Crippen molar-refractivity contribution in [1.29, 1.82) is 0 Å². The molecule has 0 spiro atoms. The summed E-state index contributed by atoms with van der Waals surface area (Å²) >= 11 is 1.79. The van der Waals surface area contributed by atoms with Crippen LogP contribution >= 0.6 is 11.8 Å². The van der Waals surface area contributed by atoms with E-state index in [1.807, 2.05) is 30.3 Å². The summed E-state index contributed by atoms with van der Waals surface area (Å²) in [6.45, 7) is 4.20. The molecule has 106 valence electrons. The van der Waals surface area contributed by atoms with E-state index in [0.717, 1.165) is 29.0 Å². The summed E-state index contributed by atoms with van der Waals surface area (Å²) < 4.78 is 0. The Hall–Kier alpha value is -2.00. The molecular formula is C18H17NOS. The Morgan fingerprint density at radius 1 is 1.14 bits per heavy atom. The molecule has 2 aromatic rings. The van der Waals surface area contributed by atoms with E-state index in [4.69, 9.17) is 0 Å². The van der Waals surface area contributed by atoms with Crippen LogP contribution in [0, 0.1) is 0 Å². The molecule has 1 amide bonds. The highest BCUT2D eigenvalue weighted by molar-refractivity contribution is 7.99. The molecule has 2 nitrogen and oxygen atoms in total. The first-order valence-corrected chi connectivity index (χ1v) is 8.00. The zero-order valence-electron chi connectivity index (χ0n) is 11.8. The molecule has 21 heavy (non-hydrogen) atoms. The van der Waals surface area contributed by atoms with Crippen LogP contribution in [0.15, 0.2) is 60.0 Å². The van der Waals surface area contributed by atoms with E-state index < -0.39 is 0 Å². The van der Waals surface area contributed by atoms with Crippen molar-refractivity contribution in [2.75, 3.05) is 11.1 Å². The molecule has 0 aromatic heterocycles. The van der Waals surface area contributed by atoms with E-state index >= 15 is 0 Å². The van der Waals surface area contributed by atoms with Gasteiger partial charge in [-0.2, -0.15) is 0 Å². The maximum absolute atomic E-state index is 11.4. The van der Waals surface area contributed by atoms with E-state index in [9.17, 15) is 4.79 Å². The molecule has 0 atom stereocenters. The largest absolute Gasteiger partial charge is 0.326 e. The molecule has 0 bridgehead atoms. The number of rotatable bonds is 4. The van der Waals surface area contributed by atoms with Crippen LogP contribution in [0.5, 0.6) is 0 Å². The minimum atomic E-state index is 0.105. The molecule has 0 saturated heterocycles. The van der Waals surface area contributed by atoms with Gasteiger partial charge in [-0.15, -0.1) is 11.8 Å². The van der Waals surface area contributed by atoms with Crippen molar-refractivity contribution in [3.05, 3.63) is 66.2 Å². The number of hydrogen-bond acceptors (Lipinski definition) is 2. The van der Waals surface area contributed by atoms with Gasteiger partial charge in [0.2, 0.25) is 5.91 Å². The summed E-state index contributed by atoms with van der Waals surface area (Å²) in [6.07, 6.45) is 1.38. The SMILES string of the molecule is C=C(CSc1ccccc1)c1ccc2c(c1)CCC(=O)N2. The fourth-order valence-corrected chi connectivity index (χ4v) is 3.23. The fourth-order valence-electron chi connectivity index (χ4n) is 2.37. The first-order chi connectivity index (χ1) is 10.2. The van der Waals surface area contributed by atoms with Crippen LogP contribution in [0.1, 0.15) is 17.5 Å². The van der Waals surface area contributed by atoms with Gasteiger partial charge in [0.25, 0.3) is 0 Å². The van der Waals surface area contributed by atoms with Gasteiger partial charge in [-0.3, -0.25) is 4.79 Å². The molecule has 3 heteroatoms. The third-order valence-corrected chi connectivity index (χ3v) is 4.66. The number of benzene rings is 2. The van der Waals surface area contributed by atoms with Crippen molar-refractivity contribution >= 4 is 28.9 Å². The first kappa shape index (κ1) is 14.0. The molecule has 2 aromatic carbocycles. The van der Waals surface area contributed by atoms with Gasteiger partial charge in [0, 0.05) is 22.8 Å². The zero-order valence-corrected chi connectivity index (χ0v) is 12.6. The third kappa shape index (κ3) is 3.37. The smallest absolute Gasteiger partial charge is 0.224 e. The molecule has 0 radical (unpaired) electrons. The Labute approximate surface area is 129 Å². The second kappa shape index (κ2) is 6.19. The Morgan fingerprint density at radius 3 is 2.76 bits per heavy atom. The van der Waals surface area contributed by atoms with E-state index in [1.54, 1.807) is 11.8 Å². The van der Waals surface area contributed by atoms with Gasteiger partial charge < -0.3 is 5.32 Å². The second-order valence-corrected chi connectivity index (χ2v) is 6.17. The minimum absolute atomic E-state index is 0.105. The lowest BCUT2D eigenvalue weighted by Crippen LogP contribution is -2.18. The average Bonchev–Trinajstić information content (AvgIpc) is 2.53. The standard InChI is InChI=1S/C18H17NOS/c1-13(12-21-16-5-3-2-4-6-16)14-7-9-17-15(11-14)8-10-18(20)19-17/h2-7,9,11H,1,8,10,12H2,(H,19,20). The number of aryl methyl sites for hydroxylation is 1. The molecule has 0 fully saturated rings. The molecule has 0 saturated carbocycles. The van der Waals surface area contributed by atoms with E-state index in [1.165, 1.54) is 10.5 Å². The fraction of sp³-hybridized carbons (Fsp3) is 0.167. The van der Waals surface area contributed by atoms with Crippen LogP contribution in [0.3, 0.4) is 0 Å². The first-order valence-electron chi connectivity index (χ1n) is 7.01. The van der Waals surface area contributed by atoms with Crippen LogP contribution in [0.2, 0.25) is 0 Å². The van der Waals surface area contributed by atoms with Gasteiger partial charge in [0.1, 0.15) is 0 Å². The zero-order chi connectivity index (χ0) is 14.7. The lowest BCUT2D eigenvalue weighted by atomic mass is 9.98. The third-order valence-electron chi connectivity index (χ3n) is 3.57. The number of carbonyl (C=O) groups is 1. The highest BCUT2D eigenvalue weighted by Gasteiger charge is 2.15. The lowest BCUT2D eigenvalue weighted by molar-refractivity contribution is -0.116. The Bertz CT molecular complexity index is 679. The van der Waals surface area contributed by atoms with Gasteiger partial charge in [0.15, 0.2) is 0 Å². The van der Waals surface area contributed by atoms with Crippen LogP contribution in [0.25, 0.3) is 5.57 Å². The number of nitrogens with one attached hydrogen (secondary N) is 1. The second-order valence-electron chi connectivity index (χ2n) is 5.13. The van der Waals surface area contributed by atoms with Crippen molar-refractivity contribution in [1.82, 2.24) is 0 Å². The summed E-state index contributed by atoms with van der Waals surface area (Å²) in [7, 11) is 0. The number of thioether (sulfide) groups is 1. The monoisotopic (exact) mass is 295 g/mol. The highest BCUT2D eigenvalue weighted by Crippen LogP contribution is 2.29. The van der Waals surface area contributed by atoms with E-state index in [-0.39, 0.29) is 5.91 Å². The summed E-state index contributed by atoms with van der Waals surface area (Å²) in [5.74, 6) is 0.975. The van der Waals surface area contributed by atoms with Crippen LogP contribution in [0.4, 0.5) is 5.69 Å². The average molecular weight is 295 g/mol. The summed E-state index contributed by atoms with van der Waals surface area (Å²) in [5, 5.41) is 2.91. The predicted octanol–water partition coefficient (Wildman–Crippen LogP) is 4.38. The molecule has 1 heterocycles. The van der Waals surface area contributed by atoms with Crippen LogP contribution in [-0.4, -0.2) is 11.7 Å². The van der Waals surface area contributed by atoms with E-state index in [2.05, 4.69) is 30.1 Å².